The molecule has 5 heteroatoms. The van der Waals surface area contributed by atoms with Crippen LogP contribution in [0.25, 0.3) is 0 Å². The van der Waals surface area contributed by atoms with E-state index in [9.17, 15) is 4.79 Å². The molecule has 112 valence electrons. The highest BCUT2D eigenvalue weighted by Gasteiger charge is 2.22. The maximum atomic E-state index is 11.9. The topological polar surface area (TPSA) is 73.6 Å². The van der Waals surface area contributed by atoms with Crippen molar-refractivity contribution >= 4 is 11.9 Å². The molecule has 0 saturated heterocycles. The lowest BCUT2D eigenvalue weighted by atomic mass is 10.1. The van der Waals surface area contributed by atoms with Crippen molar-refractivity contribution in [3.63, 3.8) is 0 Å². The van der Waals surface area contributed by atoms with E-state index < -0.39 is 11.7 Å². The summed E-state index contributed by atoms with van der Waals surface area (Å²) in [5, 5.41) is 16.6. The first-order valence-electron chi connectivity index (χ1n) is 6.84. The van der Waals surface area contributed by atoms with Crippen molar-refractivity contribution in [2.24, 2.45) is 5.92 Å². The zero-order chi connectivity index (χ0) is 15.1. The molecule has 5 nitrogen and oxygen atoms in total. The van der Waals surface area contributed by atoms with E-state index in [0.29, 0.717) is 6.54 Å². The van der Waals surface area contributed by atoms with E-state index in [1.165, 1.54) is 4.90 Å². The van der Waals surface area contributed by atoms with Gasteiger partial charge >= 0.3 is 6.09 Å². The summed E-state index contributed by atoms with van der Waals surface area (Å²) >= 11 is 0. The highest BCUT2D eigenvalue weighted by atomic mass is 16.6. The van der Waals surface area contributed by atoms with Crippen molar-refractivity contribution in [2.75, 3.05) is 13.2 Å². The number of carbonyl (C=O) groups excluding carboxylic acids is 1. The Morgan fingerprint density at radius 2 is 1.95 bits per heavy atom. The van der Waals surface area contributed by atoms with E-state index in [-0.39, 0.29) is 18.4 Å². The summed E-state index contributed by atoms with van der Waals surface area (Å²) in [6, 6.07) is 0. The number of carbonyl (C=O) groups is 1. The van der Waals surface area contributed by atoms with Crippen LogP contribution in [0.1, 0.15) is 53.9 Å². The fourth-order valence-corrected chi connectivity index (χ4v) is 1.57. The van der Waals surface area contributed by atoms with Crippen LogP contribution >= 0.6 is 0 Å². The normalized spacial score (nSPS) is 12.9. The molecule has 0 unspecified atom stereocenters. The van der Waals surface area contributed by atoms with Gasteiger partial charge in [0.05, 0.1) is 0 Å². The molecule has 0 fully saturated rings. The number of aliphatic hydroxyl groups excluding tert-OH is 1. The minimum absolute atomic E-state index is 0.194. The van der Waals surface area contributed by atoms with Gasteiger partial charge in [-0.25, -0.2) is 4.79 Å². The highest BCUT2D eigenvalue weighted by Crippen LogP contribution is 2.12. The maximum absolute atomic E-state index is 11.9. The molecule has 19 heavy (non-hydrogen) atoms. The minimum atomic E-state index is -0.545. The van der Waals surface area contributed by atoms with Crippen LogP contribution in [0.2, 0.25) is 0 Å². The predicted octanol–water partition coefficient (Wildman–Crippen LogP) is 3.02. The van der Waals surface area contributed by atoms with E-state index >= 15 is 0 Å². The van der Waals surface area contributed by atoms with E-state index in [4.69, 9.17) is 15.3 Å². The molecule has 0 aromatic rings. The molecule has 0 bridgehead atoms. The van der Waals surface area contributed by atoms with E-state index in [1.54, 1.807) is 6.92 Å². The molecule has 0 radical (unpaired) electrons. The zero-order valence-electron chi connectivity index (χ0n) is 12.8. The molecule has 1 atom stereocenters. The van der Waals surface area contributed by atoms with Gasteiger partial charge in [-0.2, -0.15) is 0 Å². The summed E-state index contributed by atoms with van der Waals surface area (Å²) in [4.78, 5) is 13.3. The van der Waals surface area contributed by atoms with Crippen molar-refractivity contribution < 1.29 is 14.6 Å². The average Bonchev–Trinajstić information content (AvgIpc) is 2.25. The molecule has 2 N–H and O–H groups in total. The second-order valence-electron chi connectivity index (χ2n) is 6.00. The van der Waals surface area contributed by atoms with Gasteiger partial charge in [0.1, 0.15) is 11.4 Å². The summed E-state index contributed by atoms with van der Waals surface area (Å²) in [7, 11) is 0. The number of nitrogens with zero attached hydrogens (tertiary/aromatic N) is 1. The number of amidine groups is 1. The number of aliphatic hydroxyl groups is 1. The average molecular weight is 272 g/mol. The highest BCUT2D eigenvalue weighted by molar-refractivity contribution is 5.92. The molecule has 0 heterocycles. The van der Waals surface area contributed by atoms with Gasteiger partial charge in [0.15, 0.2) is 0 Å². The van der Waals surface area contributed by atoms with Gasteiger partial charge in [-0.15, -0.1) is 0 Å². The van der Waals surface area contributed by atoms with Crippen LogP contribution in [0.4, 0.5) is 4.79 Å². The summed E-state index contributed by atoms with van der Waals surface area (Å²) < 4.78 is 5.27. The van der Waals surface area contributed by atoms with Crippen molar-refractivity contribution in [1.29, 1.82) is 5.41 Å². The minimum Gasteiger partial charge on any atom is -0.443 e. The Morgan fingerprint density at radius 1 is 1.37 bits per heavy atom. The lowest BCUT2D eigenvalue weighted by Crippen LogP contribution is -2.40. The number of hydrogen-bond acceptors (Lipinski definition) is 4. The Kier molecular flexibility index (Phi) is 7.68. The first-order chi connectivity index (χ1) is 8.67. The number of nitrogens with one attached hydrogen (secondary N) is 1. The number of unbranched alkanes of at least 4 members (excludes halogenated alkanes) is 1. The molecule has 0 spiro atoms. The van der Waals surface area contributed by atoms with Gasteiger partial charge in [-0.1, -0.05) is 13.3 Å². The third kappa shape index (κ3) is 8.59. The smallest absolute Gasteiger partial charge is 0.415 e. The zero-order valence-corrected chi connectivity index (χ0v) is 12.8. The van der Waals surface area contributed by atoms with Crippen LogP contribution in [0.5, 0.6) is 0 Å². The molecule has 0 rings (SSSR count). The van der Waals surface area contributed by atoms with Crippen molar-refractivity contribution in [2.45, 2.75) is 59.5 Å². The summed E-state index contributed by atoms with van der Waals surface area (Å²) in [5.74, 6) is 0.487. The number of amides is 1. The monoisotopic (exact) mass is 272 g/mol. The van der Waals surface area contributed by atoms with Crippen LogP contribution in [0.3, 0.4) is 0 Å². The van der Waals surface area contributed by atoms with Crippen molar-refractivity contribution in [1.82, 2.24) is 4.90 Å². The molecular weight excluding hydrogens is 244 g/mol. The maximum Gasteiger partial charge on any atom is 0.415 e. The number of rotatable bonds is 6. The quantitative estimate of drug-likeness (QED) is 0.443. The third-order valence-corrected chi connectivity index (χ3v) is 2.66. The second-order valence-corrected chi connectivity index (χ2v) is 6.00. The summed E-state index contributed by atoms with van der Waals surface area (Å²) in [6.45, 7) is 9.69. The van der Waals surface area contributed by atoms with Gasteiger partial charge in [0, 0.05) is 13.2 Å². The largest absolute Gasteiger partial charge is 0.443 e. The van der Waals surface area contributed by atoms with Crippen LogP contribution in [0.15, 0.2) is 0 Å². The van der Waals surface area contributed by atoms with Crippen LogP contribution < -0.4 is 0 Å². The Balaban J connectivity index is 4.20. The van der Waals surface area contributed by atoms with Crippen LogP contribution in [-0.2, 0) is 4.74 Å². The van der Waals surface area contributed by atoms with Gasteiger partial charge < -0.3 is 9.84 Å². The fraction of sp³-hybridized carbons (Fsp3) is 0.857. The standard InChI is InChI=1S/C14H28N2O3/c1-11(10-17)8-6-7-9-16(12(2)15)13(18)19-14(3,4)5/h11,15,17H,6-10H2,1-5H3/t11-/m0/s1. The first kappa shape index (κ1) is 17.9. The molecule has 1 amide bonds. The van der Waals surface area contributed by atoms with Crippen molar-refractivity contribution in [3.8, 4) is 0 Å². The Labute approximate surface area is 116 Å². The number of ether oxygens (including phenoxy) is 1. The molecular formula is C14H28N2O3. The van der Waals surface area contributed by atoms with E-state index in [2.05, 4.69) is 0 Å². The molecule has 0 aromatic heterocycles. The Hall–Kier alpha value is -1.10. The lowest BCUT2D eigenvalue weighted by molar-refractivity contribution is 0.0365. The SMILES string of the molecule is CC(=N)N(CCCC[C@H](C)CO)C(=O)OC(C)(C)C. The second kappa shape index (κ2) is 8.15. The Bertz CT molecular complexity index is 298. The van der Waals surface area contributed by atoms with Gasteiger partial charge in [-0.05, 0) is 46.5 Å². The van der Waals surface area contributed by atoms with E-state index in [0.717, 1.165) is 19.3 Å². The molecule has 0 aliphatic carbocycles. The molecule has 0 saturated carbocycles. The summed E-state index contributed by atoms with van der Waals surface area (Å²) in [6.07, 6.45) is 2.19. The first-order valence-corrected chi connectivity index (χ1v) is 6.84. The van der Waals surface area contributed by atoms with Gasteiger partial charge in [0.25, 0.3) is 0 Å². The fourth-order valence-electron chi connectivity index (χ4n) is 1.57. The van der Waals surface area contributed by atoms with Crippen LogP contribution in [-0.4, -0.2) is 40.7 Å². The number of hydrogen-bond donors (Lipinski definition) is 2. The molecule has 0 aliphatic heterocycles. The predicted molar refractivity (Wildman–Crippen MR) is 76.4 cm³/mol. The van der Waals surface area contributed by atoms with Crippen molar-refractivity contribution in [3.05, 3.63) is 0 Å². The molecule has 0 aromatic carbocycles. The van der Waals surface area contributed by atoms with Gasteiger partial charge in [-0.3, -0.25) is 10.3 Å². The van der Waals surface area contributed by atoms with E-state index in [1.807, 2.05) is 27.7 Å². The van der Waals surface area contributed by atoms with Crippen LogP contribution in [0, 0.1) is 11.3 Å². The molecule has 0 aliphatic rings. The summed E-state index contributed by atoms with van der Waals surface area (Å²) in [5.41, 5.74) is -0.545. The third-order valence-electron chi connectivity index (χ3n) is 2.66. The Morgan fingerprint density at radius 3 is 2.37 bits per heavy atom. The van der Waals surface area contributed by atoms with Gasteiger partial charge in [0.2, 0.25) is 0 Å². The lowest BCUT2D eigenvalue weighted by Gasteiger charge is -2.26.